The van der Waals surface area contributed by atoms with Gasteiger partial charge in [0.25, 0.3) is 5.91 Å². The van der Waals surface area contributed by atoms with Crippen molar-refractivity contribution in [2.75, 3.05) is 0 Å². The molecule has 1 aliphatic carbocycles. The molecule has 7 heteroatoms. The first-order valence-corrected chi connectivity index (χ1v) is 9.16. The van der Waals surface area contributed by atoms with Gasteiger partial charge in [-0.15, -0.1) is 0 Å². The second kappa shape index (κ2) is 7.90. The summed E-state index contributed by atoms with van der Waals surface area (Å²) in [5.74, 6) is -0.0456. The van der Waals surface area contributed by atoms with E-state index in [9.17, 15) is 14.1 Å². The molecule has 2 rings (SSSR count). The number of hydrogen-bond donors (Lipinski definition) is 2. The van der Waals surface area contributed by atoms with Gasteiger partial charge < -0.3 is 14.6 Å². The Morgan fingerprint density at radius 3 is 2.46 bits per heavy atom. The first-order valence-electron chi connectivity index (χ1n) is 8.01. The van der Waals surface area contributed by atoms with E-state index in [1.54, 1.807) is 45.0 Å². The van der Waals surface area contributed by atoms with E-state index >= 15 is 0 Å². The molecule has 2 unspecified atom stereocenters. The van der Waals surface area contributed by atoms with Gasteiger partial charge in [-0.05, 0) is 45.2 Å². The molecule has 2 amide bonds. The van der Waals surface area contributed by atoms with Crippen LogP contribution in [0, 0.1) is 5.92 Å². The second-order valence-corrected chi connectivity index (χ2v) is 8.14. The van der Waals surface area contributed by atoms with Crippen molar-refractivity contribution in [1.82, 2.24) is 10.0 Å². The quantitative estimate of drug-likeness (QED) is 0.770. The molecule has 1 aliphatic rings. The number of benzene rings is 1. The molecule has 0 radical (unpaired) electrons. The van der Waals surface area contributed by atoms with Gasteiger partial charge >= 0.3 is 6.09 Å². The van der Waals surface area contributed by atoms with E-state index in [2.05, 4.69) is 10.0 Å². The maximum atomic E-state index is 12.4. The van der Waals surface area contributed by atoms with Crippen LogP contribution < -0.4 is 10.0 Å². The average Bonchev–Trinajstić information content (AvgIpc) is 3.29. The normalized spacial score (nSPS) is 16.8. The van der Waals surface area contributed by atoms with Gasteiger partial charge in [0, 0.05) is 0 Å². The summed E-state index contributed by atoms with van der Waals surface area (Å²) in [6, 6.07) is 7.91. The van der Waals surface area contributed by atoms with Crippen LogP contribution in [0.25, 0.3) is 0 Å². The third-order valence-electron chi connectivity index (χ3n) is 3.42. The smallest absolute Gasteiger partial charge is 0.408 e. The monoisotopic (exact) mass is 352 g/mol. The van der Waals surface area contributed by atoms with E-state index in [4.69, 9.17) is 4.74 Å². The van der Waals surface area contributed by atoms with Crippen LogP contribution in [-0.4, -0.2) is 28.2 Å². The van der Waals surface area contributed by atoms with Crippen molar-refractivity contribution in [2.24, 2.45) is 5.92 Å². The van der Waals surface area contributed by atoms with E-state index in [0.29, 0.717) is 17.2 Å². The minimum atomic E-state index is -1.65. The third kappa shape index (κ3) is 6.41. The van der Waals surface area contributed by atoms with Crippen LogP contribution in [0.1, 0.15) is 40.0 Å². The topological polar surface area (TPSA) is 90.5 Å². The Kier molecular flexibility index (Phi) is 6.12. The molecule has 1 aromatic carbocycles. The fourth-order valence-corrected chi connectivity index (χ4v) is 2.98. The lowest BCUT2D eigenvalue weighted by molar-refractivity contribution is -0.121. The number of carbonyl (C=O) groups excluding carboxylic acids is 2. The number of nitrogens with one attached hydrogen (secondary N) is 2. The molecule has 1 aromatic rings. The molecule has 6 nitrogen and oxygen atoms in total. The van der Waals surface area contributed by atoms with Gasteiger partial charge in [0.2, 0.25) is 0 Å². The lowest BCUT2D eigenvalue weighted by Crippen LogP contribution is -2.49. The molecule has 1 fully saturated rings. The standard InChI is InChI=1S/C17H24N2O4S/c1-17(2,3)23-16(21)18-14(11-12-9-10-12)15(20)19-24(22)13-7-5-4-6-8-13/h4-8,12,14H,9-11H2,1-3H3,(H,18,21)(H,19,20). The van der Waals surface area contributed by atoms with Crippen molar-refractivity contribution in [3.05, 3.63) is 30.3 Å². The zero-order chi connectivity index (χ0) is 17.7. The molecule has 0 bridgehead atoms. The van der Waals surface area contributed by atoms with Crippen molar-refractivity contribution in [3.63, 3.8) is 0 Å². The summed E-state index contributed by atoms with van der Waals surface area (Å²) in [6.45, 7) is 5.27. The number of amides is 2. The summed E-state index contributed by atoms with van der Waals surface area (Å²) < 4.78 is 19.9. The van der Waals surface area contributed by atoms with Crippen LogP contribution in [0.4, 0.5) is 4.79 Å². The Labute approximate surface area is 145 Å². The van der Waals surface area contributed by atoms with Crippen molar-refractivity contribution in [3.8, 4) is 0 Å². The predicted molar refractivity (Wildman–Crippen MR) is 91.5 cm³/mol. The van der Waals surface area contributed by atoms with Gasteiger partial charge in [-0.25, -0.2) is 4.79 Å². The highest BCUT2D eigenvalue weighted by Crippen LogP contribution is 2.33. The van der Waals surface area contributed by atoms with Crippen molar-refractivity contribution >= 4 is 23.4 Å². The summed E-state index contributed by atoms with van der Waals surface area (Å²) in [4.78, 5) is 24.9. The van der Waals surface area contributed by atoms with Crippen LogP contribution in [0.3, 0.4) is 0 Å². The molecular formula is C17H24N2O4S. The Bertz CT molecular complexity index is 570. The van der Waals surface area contributed by atoms with Crippen molar-refractivity contribution in [1.29, 1.82) is 0 Å². The minimum absolute atomic E-state index is 0.417. The molecule has 0 aromatic heterocycles. The number of alkyl carbamates (subject to hydrolysis) is 1. The molecule has 0 saturated heterocycles. The summed E-state index contributed by atoms with van der Waals surface area (Å²) in [7, 11) is 0. The Morgan fingerprint density at radius 1 is 1.29 bits per heavy atom. The van der Waals surface area contributed by atoms with Gasteiger partial charge in [0.05, 0.1) is 0 Å². The number of hydrogen-bond acceptors (Lipinski definition) is 4. The zero-order valence-corrected chi connectivity index (χ0v) is 15.0. The first kappa shape index (κ1) is 18.6. The molecule has 0 spiro atoms. The van der Waals surface area contributed by atoms with Gasteiger partial charge in [-0.1, -0.05) is 31.0 Å². The van der Waals surface area contributed by atoms with Crippen molar-refractivity contribution in [2.45, 2.75) is 56.6 Å². The van der Waals surface area contributed by atoms with Gasteiger partial charge in [0.15, 0.2) is 4.90 Å². The van der Waals surface area contributed by atoms with Crippen LogP contribution in [0.2, 0.25) is 0 Å². The molecule has 132 valence electrons. The third-order valence-corrected chi connectivity index (χ3v) is 4.51. The zero-order valence-electron chi connectivity index (χ0n) is 14.2. The molecule has 0 aliphatic heterocycles. The van der Waals surface area contributed by atoms with Gasteiger partial charge in [-0.2, -0.15) is 4.72 Å². The minimum Gasteiger partial charge on any atom is -0.588 e. The SMILES string of the molecule is CC(C)(C)OC(=O)NC(CC1CC1)C(=O)N[S+]([O-])c1ccccc1. The van der Waals surface area contributed by atoms with E-state index in [1.807, 2.05) is 6.07 Å². The average molecular weight is 352 g/mol. The highest BCUT2D eigenvalue weighted by Gasteiger charge is 2.33. The van der Waals surface area contributed by atoms with E-state index < -0.39 is 35.0 Å². The summed E-state index contributed by atoms with van der Waals surface area (Å²) in [5.41, 5.74) is -0.641. The maximum absolute atomic E-state index is 12.4. The molecule has 2 N–H and O–H groups in total. The maximum Gasteiger partial charge on any atom is 0.408 e. The van der Waals surface area contributed by atoms with Crippen LogP contribution in [-0.2, 0) is 20.9 Å². The summed E-state index contributed by atoms with van der Waals surface area (Å²) in [6.07, 6.45) is 1.97. The van der Waals surface area contributed by atoms with E-state index in [-0.39, 0.29) is 0 Å². The Morgan fingerprint density at radius 2 is 1.92 bits per heavy atom. The predicted octanol–water partition coefficient (Wildman–Crippen LogP) is 2.52. The second-order valence-electron chi connectivity index (χ2n) is 6.93. The largest absolute Gasteiger partial charge is 0.588 e. The van der Waals surface area contributed by atoms with Crippen LogP contribution in [0.15, 0.2) is 35.2 Å². The van der Waals surface area contributed by atoms with Crippen LogP contribution >= 0.6 is 0 Å². The number of ether oxygens (including phenoxy) is 1. The lowest BCUT2D eigenvalue weighted by atomic mass is 10.1. The molecule has 1 saturated carbocycles. The highest BCUT2D eigenvalue weighted by atomic mass is 32.2. The molecule has 0 heterocycles. The van der Waals surface area contributed by atoms with E-state index in [1.165, 1.54) is 0 Å². The van der Waals surface area contributed by atoms with E-state index in [0.717, 1.165) is 12.8 Å². The fraction of sp³-hybridized carbons (Fsp3) is 0.529. The molecule has 2 atom stereocenters. The summed E-state index contributed by atoms with van der Waals surface area (Å²) in [5, 5.41) is 2.59. The lowest BCUT2D eigenvalue weighted by Gasteiger charge is -2.23. The first-order chi connectivity index (χ1) is 11.2. The number of carbonyl (C=O) groups is 2. The van der Waals surface area contributed by atoms with Crippen LogP contribution in [0.5, 0.6) is 0 Å². The highest BCUT2D eigenvalue weighted by molar-refractivity contribution is 7.90. The molecule has 24 heavy (non-hydrogen) atoms. The number of rotatable bonds is 6. The summed E-state index contributed by atoms with van der Waals surface area (Å²) >= 11 is -1.65. The van der Waals surface area contributed by atoms with Gasteiger partial charge in [0.1, 0.15) is 23.0 Å². The van der Waals surface area contributed by atoms with Gasteiger partial charge in [-0.3, -0.25) is 4.79 Å². The fourth-order valence-electron chi connectivity index (χ4n) is 2.13. The Balaban J connectivity index is 1.95. The van der Waals surface area contributed by atoms with Crippen molar-refractivity contribution < 1.29 is 18.9 Å². The molecular weight excluding hydrogens is 328 g/mol. The Hall–Kier alpha value is -1.73.